The van der Waals surface area contributed by atoms with Gasteiger partial charge in [-0.3, -0.25) is 4.79 Å². The number of benzene rings is 2. The summed E-state index contributed by atoms with van der Waals surface area (Å²) in [6, 6.07) is 12.6. The maximum Gasteiger partial charge on any atom is 0.163 e. The summed E-state index contributed by atoms with van der Waals surface area (Å²) in [5.74, 6) is -0.394. The normalized spacial score (nSPS) is 10.3. The third kappa shape index (κ3) is 3.53. The Morgan fingerprint density at radius 2 is 1.95 bits per heavy atom. The molecular weight excluding hydrogens is 358 g/mol. The molecule has 0 aliphatic heterocycles. The summed E-state index contributed by atoms with van der Waals surface area (Å²) in [6.45, 7) is 1.72. The zero-order valence-electron chi connectivity index (χ0n) is 10.3. The predicted molar refractivity (Wildman–Crippen MR) is 79.9 cm³/mol. The van der Waals surface area contributed by atoms with E-state index in [0.717, 1.165) is 5.56 Å². The lowest BCUT2D eigenvalue weighted by atomic mass is 10.1. The number of carbonyl (C=O) groups is 1. The molecule has 98 valence electrons. The highest BCUT2D eigenvalue weighted by atomic mass is 127. The van der Waals surface area contributed by atoms with Gasteiger partial charge in [0.1, 0.15) is 18.2 Å². The summed E-state index contributed by atoms with van der Waals surface area (Å²) in [5.41, 5.74) is 1.13. The Morgan fingerprint density at radius 1 is 1.26 bits per heavy atom. The van der Waals surface area contributed by atoms with Crippen molar-refractivity contribution in [2.45, 2.75) is 13.5 Å². The Morgan fingerprint density at radius 3 is 2.53 bits per heavy atom. The fourth-order valence-corrected chi connectivity index (χ4v) is 2.65. The van der Waals surface area contributed by atoms with E-state index in [4.69, 9.17) is 4.74 Å². The molecule has 2 rings (SSSR count). The second kappa shape index (κ2) is 6.14. The fourth-order valence-electron chi connectivity index (χ4n) is 1.71. The number of hydrogen-bond donors (Lipinski definition) is 0. The Labute approximate surface area is 124 Å². The van der Waals surface area contributed by atoms with Gasteiger partial charge in [0.2, 0.25) is 0 Å². The van der Waals surface area contributed by atoms with Crippen molar-refractivity contribution in [3.05, 3.63) is 63.0 Å². The molecule has 19 heavy (non-hydrogen) atoms. The molecule has 0 fully saturated rings. The van der Waals surface area contributed by atoms with Gasteiger partial charge in [-0.25, -0.2) is 4.39 Å². The number of ketones is 1. The average Bonchev–Trinajstić information content (AvgIpc) is 2.36. The van der Waals surface area contributed by atoms with Crippen molar-refractivity contribution in [2.75, 3.05) is 0 Å². The first kappa shape index (κ1) is 14.0. The molecule has 4 heteroatoms. The monoisotopic (exact) mass is 370 g/mol. The van der Waals surface area contributed by atoms with E-state index in [2.05, 4.69) is 0 Å². The lowest BCUT2D eigenvalue weighted by molar-refractivity contribution is 0.101. The van der Waals surface area contributed by atoms with E-state index in [9.17, 15) is 9.18 Å². The fraction of sp³-hybridized carbons (Fsp3) is 0.133. The van der Waals surface area contributed by atoms with E-state index in [0.29, 0.717) is 15.9 Å². The molecule has 0 amide bonds. The maximum atomic E-state index is 13.8. The molecule has 2 aromatic rings. The van der Waals surface area contributed by atoms with E-state index < -0.39 is 5.82 Å². The molecule has 0 saturated heterocycles. The van der Waals surface area contributed by atoms with Gasteiger partial charge in [0, 0.05) is 9.64 Å². The molecule has 0 aliphatic rings. The number of ether oxygens (including phenoxy) is 1. The van der Waals surface area contributed by atoms with E-state index in [1.165, 1.54) is 13.0 Å². The van der Waals surface area contributed by atoms with Crippen LogP contribution in [0.15, 0.2) is 42.5 Å². The van der Waals surface area contributed by atoms with Crippen molar-refractivity contribution < 1.29 is 13.9 Å². The molecule has 0 heterocycles. The van der Waals surface area contributed by atoms with Crippen LogP contribution in [0.5, 0.6) is 5.75 Å². The van der Waals surface area contributed by atoms with Crippen molar-refractivity contribution in [3.8, 4) is 5.75 Å². The predicted octanol–water partition coefficient (Wildman–Crippen LogP) is 4.21. The molecule has 0 saturated carbocycles. The van der Waals surface area contributed by atoms with Gasteiger partial charge in [0.15, 0.2) is 5.78 Å². The molecular formula is C15H12FIO2. The topological polar surface area (TPSA) is 26.3 Å². The van der Waals surface area contributed by atoms with Crippen LogP contribution in [0.1, 0.15) is 22.8 Å². The molecule has 0 aromatic heterocycles. The lowest BCUT2D eigenvalue weighted by Gasteiger charge is -2.09. The van der Waals surface area contributed by atoms with Gasteiger partial charge in [-0.15, -0.1) is 0 Å². The summed E-state index contributed by atoms with van der Waals surface area (Å²) < 4.78 is 19.9. The Bertz CT molecular complexity index is 573. The third-order valence-electron chi connectivity index (χ3n) is 2.62. The molecule has 0 unspecified atom stereocenters. The number of halogens is 2. The Kier molecular flexibility index (Phi) is 4.52. The summed E-state index contributed by atoms with van der Waals surface area (Å²) >= 11 is 1.94. The molecule has 0 N–H and O–H groups in total. The van der Waals surface area contributed by atoms with Gasteiger partial charge >= 0.3 is 0 Å². The molecule has 0 radical (unpaired) electrons. The highest BCUT2D eigenvalue weighted by Crippen LogP contribution is 2.24. The van der Waals surface area contributed by atoms with Gasteiger partial charge < -0.3 is 4.74 Å². The summed E-state index contributed by atoms with van der Waals surface area (Å²) in [5, 5.41) is 0. The second-order valence-electron chi connectivity index (χ2n) is 4.09. The van der Waals surface area contributed by atoms with Gasteiger partial charge in [-0.2, -0.15) is 0 Å². The number of hydrogen-bond acceptors (Lipinski definition) is 2. The minimum atomic E-state index is -0.539. The van der Waals surface area contributed by atoms with Crippen LogP contribution in [-0.4, -0.2) is 5.78 Å². The summed E-state index contributed by atoms with van der Waals surface area (Å²) in [7, 11) is 0. The van der Waals surface area contributed by atoms with Crippen molar-refractivity contribution in [3.63, 3.8) is 0 Å². The van der Waals surface area contributed by atoms with Crippen molar-refractivity contribution in [1.29, 1.82) is 0 Å². The Balaban J connectivity index is 2.16. The van der Waals surface area contributed by atoms with Gasteiger partial charge in [-0.1, -0.05) is 30.3 Å². The van der Waals surface area contributed by atoms with E-state index in [-0.39, 0.29) is 11.3 Å². The van der Waals surface area contributed by atoms with Crippen LogP contribution in [0.2, 0.25) is 0 Å². The van der Waals surface area contributed by atoms with E-state index in [1.54, 1.807) is 6.07 Å². The zero-order chi connectivity index (χ0) is 13.8. The SMILES string of the molecule is CC(=O)c1c(F)cc(OCc2ccccc2)cc1I. The third-order valence-corrected chi connectivity index (χ3v) is 3.47. The maximum absolute atomic E-state index is 13.8. The van der Waals surface area contributed by atoms with Crippen LogP contribution >= 0.6 is 22.6 Å². The number of Topliss-reactive ketones (excluding diaryl/α,β-unsaturated/α-hetero) is 1. The first-order valence-electron chi connectivity index (χ1n) is 5.74. The zero-order valence-corrected chi connectivity index (χ0v) is 12.5. The molecule has 0 bridgehead atoms. The van der Waals surface area contributed by atoms with Gasteiger partial charge in [-0.05, 0) is 41.1 Å². The van der Waals surface area contributed by atoms with Crippen molar-refractivity contribution in [1.82, 2.24) is 0 Å². The minimum Gasteiger partial charge on any atom is -0.489 e. The van der Waals surface area contributed by atoms with Crippen molar-refractivity contribution >= 4 is 28.4 Å². The largest absolute Gasteiger partial charge is 0.489 e. The molecule has 0 atom stereocenters. The standard InChI is InChI=1S/C15H12FIO2/c1-10(18)15-13(16)7-12(8-14(15)17)19-9-11-5-3-2-4-6-11/h2-8H,9H2,1H3. The summed E-state index contributed by atoms with van der Waals surface area (Å²) in [6.07, 6.45) is 0. The van der Waals surface area contributed by atoms with Crippen LogP contribution in [0.25, 0.3) is 0 Å². The quantitative estimate of drug-likeness (QED) is 0.595. The van der Waals surface area contributed by atoms with Crippen LogP contribution < -0.4 is 4.74 Å². The second-order valence-corrected chi connectivity index (χ2v) is 5.25. The molecule has 2 nitrogen and oxygen atoms in total. The van der Waals surface area contributed by atoms with E-state index >= 15 is 0 Å². The average molecular weight is 370 g/mol. The minimum absolute atomic E-state index is 0.118. The smallest absolute Gasteiger partial charge is 0.163 e. The van der Waals surface area contributed by atoms with Crippen LogP contribution in [0.4, 0.5) is 4.39 Å². The molecule has 2 aromatic carbocycles. The van der Waals surface area contributed by atoms with E-state index in [1.807, 2.05) is 52.9 Å². The number of carbonyl (C=O) groups excluding carboxylic acids is 1. The first-order chi connectivity index (χ1) is 9.08. The van der Waals surface area contributed by atoms with Crippen LogP contribution in [0.3, 0.4) is 0 Å². The number of rotatable bonds is 4. The first-order valence-corrected chi connectivity index (χ1v) is 6.82. The highest BCUT2D eigenvalue weighted by molar-refractivity contribution is 14.1. The molecule has 0 aliphatic carbocycles. The van der Waals surface area contributed by atoms with Gasteiger partial charge in [0.05, 0.1) is 5.56 Å². The van der Waals surface area contributed by atoms with Crippen LogP contribution in [0, 0.1) is 9.39 Å². The lowest BCUT2D eigenvalue weighted by Crippen LogP contribution is -2.03. The highest BCUT2D eigenvalue weighted by Gasteiger charge is 2.13. The molecule has 0 spiro atoms. The summed E-state index contributed by atoms with van der Waals surface area (Å²) in [4.78, 5) is 11.3. The Hall–Kier alpha value is -1.43. The van der Waals surface area contributed by atoms with Crippen molar-refractivity contribution in [2.24, 2.45) is 0 Å². The van der Waals surface area contributed by atoms with Gasteiger partial charge in [0.25, 0.3) is 0 Å². The van der Waals surface area contributed by atoms with Crippen LogP contribution in [-0.2, 0) is 6.61 Å².